The second kappa shape index (κ2) is 5.06. The first-order valence-corrected chi connectivity index (χ1v) is 5.86. The fraction of sp³-hybridized carbons (Fsp3) is 0.500. The lowest BCUT2D eigenvalue weighted by molar-refractivity contribution is 0.352. The summed E-state index contributed by atoms with van der Waals surface area (Å²) in [5.41, 5.74) is 6.88. The monoisotopic (exact) mass is 287 g/mol. The van der Waals surface area contributed by atoms with E-state index in [4.69, 9.17) is 15.2 Å². The van der Waals surface area contributed by atoms with Crippen molar-refractivity contribution in [3.8, 4) is 11.5 Å². The van der Waals surface area contributed by atoms with Crippen LogP contribution < -0.4 is 15.2 Å². The van der Waals surface area contributed by atoms with Crippen molar-refractivity contribution < 1.29 is 9.47 Å². The first-order valence-electron chi connectivity index (χ1n) is 5.06. The van der Waals surface area contributed by atoms with Crippen molar-refractivity contribution in [1.82, 2.24) is 0 Å². The first kappa shape index (κ1) is 13.3. The largest absolute Gasteiger partial charge is 0.493 e. The average molecular weight is 288 g/mol. The van der Waals surface area contributed by atoms with Gasteiger partial charge in [0, 0.05) is 5.54 Å². The SMILES string of the molecule is COc1cc(CC(C)(C)N)cc(Br)c1OC. The summed E-state index contributed by atoms with van der Waals surface area (Å²) in [6.07, 6.45) is 0.784. The number of methoxy groups -OCH3 is 2. The normalized spacial score (nSPS) is 11.4. The Labute approximate surface area is 105 Å². The Bertz CT molecular complexity index is 372. The van der Waals surface area contributed by atoms with Crippen LogP contribution in [0.3, 0.4) is 0 Å². The van der Waals surface area contributed by atoms with E-state index in [2.05, 4.69) is 15.9 Å². The zero-order valence-corrected chi connectivity index (χ0v) is 11.7. The summed E-state index contributed by atoms with van der Waals surface area (Å²) < 4.78 is 11.4. The van der Waals surface area contributed by atoms with Crippen molar-refractivity contribution in [3.63, 3.8) is 0 Å². The zero-order valence-electron chi connectivity index (χ0n) is 10.1. The Morgan fingerprint density at radius 2 is 1.88 bits per heavy atom. The van der Waals surface area contributed by atoms with Gasteiger partial charge in [0.05, 0.1) is 18.7 Å². The van der Waals surface area contributed by atoms with Gasteiger partial charge >= 0.3 is 0 Å². The van der Waals surface area contributed by atoms with Gasteiger partial charge in [0.2, 0.25) is 0 Å². The van der Waals surface area contributed by atoms with Crippen molar-refractivity contribution in [2.75, 3.05) is 14.2 Å². The molecule has 0 aromatic heterocycles. The van der Waals surface area contributed by atoms with Crippen LogP contribution in [0.25, 0.3) is 0 Å². The lowest BCUT2D eigenvalue weighted by atomic mass is 9.96. The Balaban J connectivity index is 3.10. The molecule has 0 aliphatic rings. The number of benzene rings is 1. The summed E-state index contributed by atoms with van der Waals surface area (Å²) in [6.45, 7) is 4.00. The molecule has 2 N–H and O–H groups in total. The fourth-order valence-corrected chi connectivity index (χ4v) is 2.25. The molecule has 0 amide bonds. The number of halogens is 1. The van der Waals surface area contributed by atoms with Crippen LogP contribution in [-0.4, -0.2) is 19.8 Å². The standard InChI is InChI=1S/C12H18BrNO2/c1-12(2,14)7-8-5-9(13)11(16-4)10(6-8)15-3/h5-6H,7,14H2,1-4H3. The topological polar surface area (TPSA) is 44.5 Å². The molecule has 90 valence electrons. The molecule has 1 rings (SSSR count). The second-order valence-electron chi connectivity index (χ2n) is 4.48. The third kappa shape index (κ3) is 3.39. The van der Waals surface area contributed by atoms with Gasteiger partial charge < -0.3 is 15.2 Å². The van der Waals surface area contributed by atoms with E-state index in [0.29, 0.717) is 5.75 Å². The molecule has 0 saturated carbocycles. The van der Waals surface area contributed by atoms with Crippen LogP contribution >= 0.6 is 15.9 Å². The molecule has 4 heteroatoms. The molecule has 0 spiro atoms. The van der Waals surface area contributed by atoms with Crippen LogP contribution in [-0.2, 0) is 6.42 Å². The highest BCUT2D eigenvalue weighted by Crippen LogP contribution is 2.36. The molecule has 3 nitrogen and oxygen atoms in total. The van der Waals surface area contributed by atoms with Crippen molar-refractivity contribution in [2.24, 2.45) is 5.73 Å². The second-order valence-corrected chi connectivity index (χ2v) is 5.33. The van der Waals surface area contributed by atoms with Gasteiger partial charge in [0.15, 0.2) is 11.5 Å². The van der Waals surface area contributed by atoms with E-state index in [9.17, 15) is 0 Å². The Morgan fingerprint density at radius 3 is 2.31 bits per heavy atom. The summed E-state index contributed by atoms with van der Waals surface area (Å²) in [5, 5.41) is 0. The summed E-state index contributed by atoms with van der Waals surface area (Å²) in [4.78, 5) is 0. The fourth-order valence-electron chi connectivity index (χ4n) is 1.60. The van der Waals surface area contributed by atoms with E-state index in [1.54, 1.807) is 14.2 Å². The molecule has 0 unspecified atom stereocenters. The molecule has 0 aliphatic heterocycles. The lowest BCUT2D eigenvalue weighted by Crippen LogP contribution is -2.34. The van der Waals surface area contributed by atoms with Gasteiger partial charge in [-0.05, 0) is 53.9 Å². The molecule has 0 heterocycles. The van der Waals surface area contributed by atoms with Crippen LogP contribution in [0.1, 0.15) is 19.4 Å². The molecule has 16 heavy (non-hydrogen) atoms. The maximum absolute atomic E-state index is 5.99. The van der Waals surface area contributed by atoms with Crippen molar-refractivity contribution in [3.05, 3.63) is 22.2 Å². The summed E-state index contributed by atoms with van der Waals surface area (Å²) in [7, 11) is 3.25. The van der Waals surface area contributed by atoms with Gasteiger partial charge in [0.25, 0.3) is 0 Å². The maximum Gasteiger partial charge on any atom is 0.174 e. The van der Waals surface area contributed by atoms with Gasteiger partial charge in [-0.2, -0.15) is 0 Å². The molecule has 0 saturated heterocycles. The molecule has 1 aromatic rings. The van der Waals surface area contributed by atoms with E-state index in [1.165, 1.54) is 0 Å². The highest BCUT2D eigenvalue weighted by molar-refractivity contribution is 9.10. The van der Waals surface area contributed by atoms with Crippen LogP contribution in [0.4, 0.5) is 0 Å². The Hall–Kier alpha value is -0.740. The molecule has 0 radical (unpaired) electrons. The minimum atomic E-state index is -0.237. The van der Waals surface area contributed by atoms with Crippen molar-refractivity contribution >= 4 is 15.9 Å². The quantitative estimate of drug-likeness (QED) is 0.926. The van der Waals surface area contributed by atoms with E-state index in [1.807, 2.05) is 26.0 Å². The number of hydrogen-bond donors (Lipinski definition) is 1. The number of rotatable bonds is 4. The maximum atomic E-state index is 5.99. The smallest absolute Gasteiger partial charge is 0.174 e. The number of nitrogens with two attached hydrogens (primary N) is 1. The van der Waals surface area contributed by atoms with Crippen LogP contribution in [0.15, 0.2) is 16.6 Å². The molecule has 0 bridgehead atoms. The average Bonchev–Trinajstić information content (AvgIpc) is 2.14. The third-order valence-electron chi connectivity index (χ3n) is 2.15. The zero-order chi connectivity index (χ0) is 12.3. The van der Waals surface area contributed by atoms with Crippen LogP contribution in [0.5, 0.6) is 11.5 Å². The van der Waals surface area contributed by atoms with Crippen LogP contribution in [0.2, 0.25) is 0 Å². The van der Waals surface area contributed by atoms with E-state index in [-0.39, 0.29) is 5.54 Å². The first-order chi connectivity index (χ1) is 7.37. The van der Waals surface area contributed by atoms with Gasteiger partial charge in [0.1, 0.15) is 0 Å². The van der Waals surface area contributed by atoms with E-state index < -0.39 is 0 Å². The van der Waals surface area contributed by atoms with Gasteiger partial charge in [-0.15, -0.1) is 0 Å². The molecular formula is C12H18BrNO2. The summed E-state index contributed by atoms with van der Waals surface area (Å²) in [6, 6.07) is 3.97. The number of hydrogen-bond acceptors (Lipinski definition) is 3. The summed E-state index contributed by atoms with van der Waals surface area (Å²) in [5.74, 6) is 1.43. The van der Waals surface area contributed by atoms with Gasteiger partial charge in [-0.25, -0.2) is 0 Å². The Morgan fingerprint density at radius 1 is 1.25 bits per heavy atom. The summed E-state index contributed by atoms with van der Waals surface area (Å²) >= 11 is 3.46. The molecule has 1 aromatic carbocycles. The molecular weight excluding hydrogens is 270 g/mol. The molecule has 0 fully saturated rings. The van der Waals surface area contributed by atoms with Crippen molar-refractivity contribution in [1.29, 1.82) is 0 Å². The Kier molecular flexibility index (Phi) is 4.21. The number of ether oxygens (including phenoxy) is 2. The van der Waals surface area contributed by atoms with Gasteiger partial charge in [-0.3, -0.25) is 0 Å². The molecule has 0 atom stereocenters. The van der Waals surface area contributed by atoms with E-state index >= 15 is 0 Å². The minimum Gasteiger partial charge on any atom is -0.493 e. The molecule has 0 aliphatic carbocycles. The minimum absolute atomic E-state index is 0.237. The highest BCUT2D eigenvalue weighted by atomic mass is 79.9. The van der Waals surface area contributed by atoms with Crippen LogP contribution in [0, 0.1) is 0 Å². The van der Waals surface area contributed by atoms with E-state index in [0.717, 1.165) is 22.2 Å². The lowest BCUT2D eigenvalue weighted by Gasteiger charge is -2.20. The third-order valence-corrected chi connectivity index (χ3v) is 2.74. The predicted octanol–water partition coefficient (Wildman–Crippen LogP) is 2.75. The van der Waals surface area contributed by atoms with Crippen molar-refractivity contribution in [2.45, 2.75) is 25.8 Å². The predicted molar refractivity (Wildman–Crippen MR) is 69.2 cm³/mol. The highest BCUT2D eigenvalue weighted by Gasteiger charge is 2.16. The van der Waals surface area contributed by atoms with Gasteiger partial charge in [-0.1, -0.05) is 0 Å².